The molecule has 8 heteroatoms. The Morgan fingerprint density at radius 3 is 2.23 bits per heavy atom. The maximum Gasteiger partial charge on any atom is 0.416 e. The van der Waals surface area contributed by atoms with Crippen LogP contribution in [0.4, 0.5) is 13.2 Å². The zero-order chi connectivity index (χ0) is 22.3. The van der Waals surface area contributed by atoms with E-state index in [9.17, 15) is 18.3 Å². The smallest absolute Gasteiger partial charge is 0.393 e. The molecule has 1 aliphatic heterocycles. The molecule has 0 amide bonds. The molecule has 0 radical (unpaired) electrons. The van der Waals surface area contributed by atoms with E-state index in [1.807, 2.05) is 0 Å². The van der Waals surface area contributed by atoms with E-state index in [0.717, 1.165) is 50.2 Å². The summed E-state index contributed by atoms with van der Waals surface area (Å²) in [7, 11) is 1.63. The Bertz CT molecular complexity index is 860. The van der Waals surface area contributed by atoms with Gasteiger partial charge >= 0.3 is 6.18 Å². The fourth-order valence-corrected chi connectivity index (χ4v) is 3.55. The quantitative estimate of drug-likeness (QED) is 0.481. The summed E-state index contributed by atoms with van der Waals surface area (Å²) in [6, 6.07) is 13.6. The molecule has 168 valence electrons. The molecule has 1 fully saturated rings. The maximum atomic E-state index is 12.8. The van der Waals surface area contributed by atoms with Crippen molar-refractivity contribution in [2.45, 2.75) is 44.8 Å². The van der Waals surface area contributed by atoms with Crippen molar-refractivity contribution in [2.75, 3.05) is 20.1 Å². The van der Waals surface area contributed by atoms with Crippen molar-refractivity contribution in [3.05, 3.63) is 70.8 Å². The first kappa shape index (κ1) is 23.1. The summed E-state index contributed by atoms with van der Waals surface area (Å²) in [6.07, 6.45) is -2.86. The summed E-state index contributed by atoms with van der Waals surface area (Å²) in [4.78, 5) is 6.48. The number of aliphatic hydroxyl groups is 1. The number of alkyl halides is 3. The molecule has 0 bridgehead atoms. The van der Waals surface area contributed by atoms with E-state index in [-0.39, 0.29) is 12.6 Å². The van der Waals surface area contributed by atoms with E-state index in [2.05, 4.69) is 44.8 Å². The number of rotatable bonds is 6. The highest BCUT2D eigenvalue weighted by Gasteiger charge is 2.30. The maximum absolute atomic E-state index is 12.8. The van der Waals surface area contributed by atoms with E-state index >= 15 is 0 Å². The number of hydrogen-bond donors (Lipinski definition) is 3. The first-order valence-electron chi connectivity index (χ1n) is 10.4. The van der Waals surface area contributed by atoms with E-state index in [0.29, 0.717) is 18.1 Å². The number of aliphatic hydroxyl groups excluding tert-OH is 1. The molecule has 0 saturated carbocycles. The highest BCUT2D eigenvalue weighted by Crippen LogP contribution is 2.29. The molecule has 0 spiro atoms. The molecule has 0 aromatic heterocycles. The van der Waals surface area contributed by atoms with Gasteiger partial charge in [0.1, 0.15) is 0 Å². The van der Waals surface area contributed by atoms with Crippen LogP contribution in [0.3, 0.4) is 0 Å². The molecule has 0 atom stereocenters. The van der Waals surface area contributed by atoms with E-state index in [1.165, 1.54) is 11.6 Å². The molecule has 1 saturated heterocycles. The Kier molecular flexibility index (Phi) is 7.92. The fraction of sp³-hybridized carbons (Fsp3) is 0.435. The third kappa shape index (κ3) is 7.25. The molecule has 3 N–H and O–H groups in total. The van der Waals surface area contributed by atoms with E-state index in [1.54, 1.807) is 13.1 Å². The predicted molar refractivity (Wildman–Crippen MR) is 115 cm³/mol. The van der Waals surface area contributed by atoms with Gasteiger partial charge < -0.3 is 15.7 Å². The Balaban J connectivity index is 1.46. The first-order chi connectivity index (χ1) is 14.8. The monoisotopic (exact) mass is 434 g/mol. The molecule has 2 aromatic rings. The molecule has 1 heterocycles. The highest BCUT2D eigenvalue weighted by molar-refractivity contribution is 5.79. The fourth-order valence-electron chi connectivity index (χ4n) is 3.55. The number of nitrogens with zero attached hydrogens (tertiary/aromatic N) is 2. The van der Waals surface area contributed by atoms with Crippen LogP contribution >= 0.6 is 0 Å². The number of aliphatic imine (C=N–C) groups is 1. The molecule has 0 unspecified atom stereocenters. The number of guanidine groups is 1. The minimum absolute atomic E-state index is 0.165. The minimum atomic E-state index is -4.35. The van der Waals surface area contributed by atoms with Gasteiger partial charge in [0.2, 0.25) is 0 Å². The molecule has 31 heavy (non-hydrogen) atoms. The largest absolute Gasteiger partial charge is 0.416 e. The number of piperidine rings is 1. The van der Waals surface area contributed by atoms with Gasteiger partial charge in [-0.05, 0) is 41.7 Å². The van der Waals surface area contributed by atoms with Crippen LogP contribution in [0.15, 0.2) is 53.5 Å². The summed E-state index contributed by atoms with van der Waals surface area (Å²) >= 11 is 0. The first-order valence-corrected chi connectivity index (χ1v) is 10.4. The number of halogens is 3. The Morgan fingerprint density at radius 1 is 1.00 bits per heavy atom. The molecule has 5 nitrogen and oxygen atoms in total. The molecule has 2 aromatic carbocycles. The van der Waals surface area contributed by atoms with Crippen LogP contribution in [0.5, 0.6) is 0 Å². The molecule has 1 aliphatic rings. The number of hydrogen-bond acceptors (Lipinski definition) is 3. The second-order valence-electron chi connectivity index (χ2n) is 7.80. The van der Waals surface area contributed by atoms with E-state index in [4.69, 9.17) is 0 Å². The van der Waals surface area contributed by atoms with Gasteiger partial charge in [0, 0.05) is 39.8 Å². The van der Waals surface area contributed by atoms with Gasteiger partial charge in [0.15, 0.2) is 5.96 Å². The topological polar surface area (TPSA) is 59.9 Å². The summed E-state index contributed by atoms with van der Waals surface area (Å²) in [5.41, 5.74) is 2.19. The highest BCUT2D eigenvalue weighted by atomic mass is 19.4. The van der Waals surface area contributed by atoms with Gasteiger partial charge in [-0.25, -0.2) is 0 Å². The van der Waals surface area contributed by atoms with Crippen LogP contribution in [-0.2, 0) is 25.8 Å². The van der Waals surface area contributed by atoms with Crippen molar-refractivity contribution in [2.24, 2.45) is 4.99 Å². The van der Waals surface area contributed by atoms with Crippen LogP contribution in [0, 0.1) is 0 Å². The summed E-state index contributed by atoms with van der Waals surface area (Å²) in [5.74, 6) is 0.522. The third-order valence-electron chi connectivity index (χ3n) is 5.38. The lowest BCUT2D eigenvalue weighted by atomic mass is 10.1. The van der Waals surface area contributed by atoms with Crippen molar-refractivity contribution in [3.63, 3.8) is 0 Å². The molecule has 3 rings (SSSR count). The average molecular weight is 435 g/mol. The van der Waals surface area contributed by atoms with Crippen LogP contribution in [0.2, 0.25) is 0 Å². The van der Waals surface area contributed by atoms with Gasteiger partial charge in [0.05, 0.1) is 11.7 Å². The van der Waals surface area contributed by atoms with Crippen molar-refractivity contribution in [1.29, 1.82) is 0 Å². The van der Waals surface area contributed by atoms with Crippen LogP contribution in [0.1, 0.15) is 35.1 Å². The molecule has 0 aliphatic carbocycles. The van der Waals surface area contributed by atoms with Crippen molar-refractivity contribution in [3.8, 4) is 0 Å². The lowest BCUT2D eigenvalue weighted by molar-refractivity contribution is -0.137. The number of likely N-dealkylation sites (tertiary alicyclic amines) is 1. The standard InChI is InChI=1S/C23H29F3N4O/c1-27-22(29-15-19-3-2-4-20(13-19)23(24,25)26)28-14-17-5-7-18(8-6-17)16-30-11-9-21(31)10-12-30/h2-8,13,21,31H,9-12,14-16H2,1H3,(H2,27,28,29). The zero-order valence-electron chi connectivity index (χ0n) is 17.6. The van der Waals surface area contributed by atoms with Crippen molar-refractivity contribution in [1.82, 2.24) is 15.5 Å². The summed E-state index contributed by atoms with van der Waals surface area (Å²) in [6.45, 7) is 3.50. The van der Waals surface area contributed by atoms with Crippen LogP contribution in [0.25, 0.3) is 0 Å². The van der Waals surface area contributed by atoms with Gasteiger partial charge in [-0.3, -0.25) is 9.89 Å². The lowest BCUT2D eigenvalue weighted by Gasteiger charge is -2.29. The normalized spacial score (nSPS) is 16.4. The Hall–Kier alpha value is -2.58. The molecular formula is C23H29F3N4O. The number of benzene rings is 2. The predicted octanol–water partition coefficient (Wildman–Crippen LogP) is 3.53. The Labute approximate surface area is 181 Å². The van der Waals surface area contributed by atoms with Gasteiger partial charge in [-0.15, -0.1) is 0 Å². The minimum Gasteiger partial charge on any atom is -0.393 e. The summed E-state index contributed by atoms with van der Waals surface area (Å²) < 4.78 is 38.5. The van der Waals surface area contributed by atoms with Crippen LogP contribution < -0.4 is 10.6 Å². The number of nitrogens with one attached hydrogen (secondary N) is 2. The zero-order valence-corrected chi connectivity index (χ0v) is 17.6. The van der Waals surface area contributed by atoms with Crippen molar-refractivity contribution < 1.29 is 18.3 Å². The van der Waals surface area contributed by atoms with Gasteiger partial charge in [0.25, 0.3) is 0 Å². The van der Waals surface area contributed by atoms with Crippen LogP contribution in [-0.4, -0.2) is 42.2 Å². The SMILES string of the molecule is CN=C(NCc1ccc(CN2CCC(O)CC2)cc1)NCc1cccc(C(F)(F)F)c1. The van der Waals surface area contributed by atoms with Gasteiger partial charge in [-0.1, -0.05) is 36.4 Å². The third-order valence-corrected chi connectivity index (χ3v) is 5.38. The van der Waals surface area contributed by atoms with E-state index < -0.39 is 11.7 Å². The van der Waals surface area contributed by atoms with Gasteiger partial charge in [-0.2, -0.15) is 13.2 Å². The second kappa shape index (κ2) is 10.6. The average Bonchev–Trinajstić information content (AvgIpc) is 2.76. The lowest BCUT2D eigenvalue weighted by Crippen LogP contribution is -2.36. The second-order valence-corrected chi connectivity index (χ2v) is 7.80. The Morgan fingerprint density at radius 2 is 1.61 bits per heavy atom. The molecular weight excluding hydrogens is 405 g/mol. The van der Waals surface area contributed by atoms with Crippen molar-refractivity contribution >= 4 is 5.96 Å². The summed E-state index contributed by atoms with van der Waals surface area (Å²) in [5, 5.41) is 15.8.